The van der Waals surface area contributed by atoms with Crippen LogP contribution in [0.1, 0.15) is 42.6 Å². The van der Waals surface area contributed by atoms with Crippen molar-refractivity contribution in [3.05, 3.63) is 29.3 Å². The van der Waals surface area contributed by atoms with E-state index in [9.17, 15) is 4.79 Å². The topological polar surface area (TPSA) is 58.4 Å². The van der Waals surface area contributed by atoms with Gasteiger partial charge in [0.05, 0.1) is 11.3 Å². The van der Waals surface area contributed by atoms with Crippen molar-refractivity contribution in [2.45, 2.75) is 45.7 Å². The van der Waals surface area contributed by atoms with Crippen LogP contribution in [-0.4, -0.2) is 31.1 Å². The second-order valence-corrected chi connectivity index (χ2v) is 5.61. The minimum Gasteiger partial charge on any atom is -0.366 e. The van der Waals surface area contributed by atoms with Crippen molar-refractivity contribution in [1.29, 1.82) is 0 Å². The molecule has 0 radical (unpaired) electrons. The van der Waals surface area contributed by atoms with Gasteiger partial charge in [-0.2, -0.15) is 0 Å². The van der Waals surface area contributed by atoms with Crippen LogP contribution in [0.4, 0.5) is 5.69 Å². The molecule has 110 valence electrons. The van der Waals surface area contributed by atoms with Gasteiger partial charge in [-0.25, -0.2) is 0 Å². The van der Waals surface area contributed by atoms with Crippen LogP contribution in [0.25, 0.3) is 0 Å². The largest absolute Gasteiger partial charge is 0.366 e. The lowest BCUT2D eigenvalue weighted by Gasteiger charge is -2.42. The van der Waals surface area contributed by atoms with Crippen LogP contribution >= 0.6 is 0 Å². The van der Waals surface area contributed by atoms with E-state index >= 15 is 0 Å². The van der Waals surface area contributed by atoms with Crippen LogP contribution in [0.3, 0.4) is 0 Å². The van der Waals surface area contributed by atoms with Crippen molar-refractivity contribution in [3.8, 4) is 0 Å². The summed E-state index contributed by atoms with van der Waals surface area (Å²) in [6, 6.07) is 6.77. The van der Waals surface area contributed by atoms with Crippen LogP contribution < -0.4 is 16.0 Å². The van der Waals surface area contributed by atoms with Gasteiger partial charge in [0.1, 0.15) is 0 Å². The van der Waals surface area contributed by atoms with Crippen LogP contribution in [-0.2, 0) is 0 Å². The molecule has 1 aromatic carbocycles. The number of hydrogen-bond donors (Lipinski definition) is 2. The highest BCUT2D eigenvalue weighted by Gasteiger charge is 2.28. The highest BCUT2D eigenvalue weighted by atomic mass is 16.1. The number of anilines is 1. The molecule has 0 bridgehead atoms. The zero-order valence-electron chi connectivity index (χ0n) is 12.6. The predicted molar refractivity (Wildman–Crippen MR) is 83.2 cm³/mol. The number of carbonyl (C=O) groups is 1. The van der Waals surface area contributed by atoms with Gasteiger partial charge in [-0.1, -0.05) is 19.9 Å². The second-order valence-electron chi connectivity index (χ2n) is 5.61. The minimum atomic E-state index is -0.346. The molecule has 1 aliphatic rings. The summed E-state index contributed by atoms with van der Waals surface area (Å²) in [5.41, 5.74) is 8.32. The van der Waals surface area contributed by atoms with Gasteiger partial charge in [-0.15, -0.1) is 0 Å². The molecule has 2 rings (SSSR count). The van der Waals surface area contributed by atoms with E-state index in [1.165, 1.54) is 0 Å². The molecule has 20 heavy (non-hydrogen) atoms. The lowest BCUT2D eigenvalue weighted by atomic mass is 10.0. The van der Waals surface area contributed by atoms with Gasteiger partial charge in [0, 0.05) is 25.2 Å². The Morgan fingerprint density at radius 2 is 2.15 bits per heavy atom. The van der Waals surface area contributed by atoms with E-state index in [2.05, 4.69) is 37.1 Å². The number of amides is 1. The Kier molecular flexibility index (Phi) is 4.65. The summed E-state index contributed by atoms with van der Waals surface area (Å²) < 4.78 is 0. The van der Waals surface area contributed by atoms with Gasteiger partial charge >= 0.3 is 0 Å². The lowest BCUT2D eigenvalue weighted by molar-refractivity contribution is 0.100. The Morgan fingerprint density at radius 1 is 1.40 bits per heavy atom. The maximum absolute atomic E-state index is 11.7. The molecule has 0 aliphatic carbocycles. The summed E-state index contributed by atoms with van der Waals surface area (Å²) in [6.45, 7) is 8.31. The van der Waals surface area contributed by atoms with Crippen molar-refractivity contribution in [2.75, 3.05) is 18.0 Å². The third kappa shape index (κ3) is 2.96. The number of hydrogen-bond acceptors (Lipinski definition) is 3. The number of piperazine rings is 1. The fraction of sp³-hybridized carbons (Fsp3) is 0.562. The number of nitrogens with one attached hydrogen (secondary N) is 1. The normalized spacial score (nSPS) is 22.9. The molecule has 4 heteroatoms. The fourth-order valence-corrected chi connectivity index (χ4v) is 2.88. The average Bonchev–Trinajstić information content (AvgIpc) is 2.46. The quantitative estimate of drug-likeness (QED) is 0.884. The van der Waals surface area contributed by atoms with Gasteiger partial charge in [0.15, 0.2) is 0 Å². The lowest BCUT2D eigenvalue weighted by Crippen LogP contribution is -2.56. The number of rotatable bonds is 4. The summed E-state index contributed by atoms with van der Waals surface area (Å²) in [5.74, 6) is -0.346. The van der Waals surface area contributed by atoms with Gasteiger partial charge in [-0.05, 0) is 37.5 Å². The smallest absolute Gasteiger partial charge is 0.250 e. The molecule has 3 N–H and O–H groups in total. The summed E-state index contributed by atoms with van der Waals surface area (Å²) in [6.07, 6.45) is 2.14. The van der Waals surface area contributed by atoms with E-state index in [1.54, 1.807) is 0 Å². The molecule has 1 heterocycles. The summed E-state index contributed by atoms with van der Waals surface area (Å²) in [5, 5.41) is 3.57. The van der Waals surface area contributed by atoms with Crippen LogP contribution in [0, 0.1) is 6.92 Å². The number of aryl methyl sites for hydroxylation is 1. The minimum absolute atomic E-state index is 0.346. The Balaban J connectivity index is 2.40. The highest BCUT2D eigenvalue weighted by Crippen LogP contribution is 2.27. The maximum Gasteiger partial charge on any atom is 0.250 e. The highest BCUT2D eigenvalue weighted by molar-refractivity contribution is 5.98. The standard InChI is InChI=1S/C16H25N3O/c1-4-12-10-19(13(5-2)9-18-12)15-8-11(3)6-7-14(15)16(17)20/h6-8,12-13,18H,4-5,9-10H2,1-3H3,(H2,17,20). The van der Waals surface area contributed by atoms with E-state index in [4.69, 9.17) is 5.73 Å². The molecule has 1 aromatic rings. The second kappa shape index (κ2) is 6.27. The number of nitrogens with two attached hydrogens (primary N) is 1. The van der Waals surface area contributed by atoms with Gasteiger partial charge in [-0.3, -0.25) is 4.79 Å². The third-order valence-electron chi connectivity index (χ3n) is 4.19. The molecule has 0 spiro atoms. The number of nitrogens with zero attached hydrogens (tertiary/aromatic N) is 1. The van der Waals surface area contributed by atoms with Crippen LogP contribution in [0.2, 0.25) is 0 Å². The molecule has 0 saturated carbocycles. The summed E-state index contributed by atoms with van der Waals surface area (Å²) >= 11 is 0. The Labute approximate surface area is 121 Å². The third-order valence-corrected chi connectivity index (χ3v) is 4.19. The molecule has 0 aromatic heterocycles. The van der Waals surface area contributed by atoms with E-state index < -0.39 is 0 Å². The summed E-state index contributed by atoms with van der Waals surface area (Å²) in [4.78, 5) is 14.1. The van der Waals surface area contributed by atoms with Crippen LogP contribution in [0.5, 0.6) is 0 Å². The molecule has 1 saturated heterocycles. The first kappa shape index (κ1) is 14.9. The fourth-order valence-electron chi connectivity index (χ4n) is 2.88. The van der Waals surface area contributed by atoms with E-state index in [1.807, 2.05) is 12.1 Å². The molecular weight excluding hydrogens is 250 g/mol. The molecule has 2 unspecified atom stereocenters. The molecule has 1 aliphatic heterocycles. The zero-order valence-corrected chi connectivity index (χ0v) is 12.6. The number of primary amides is 1. The van der Waals surface area contributed by atoms with E-state index in [-0.39, 0.29) is 5.91 Å². The molecule has 1 fully saturated rings. The number of benzene rings is 1. The first-order valence-electron chi connectivity index (χ1n) is 7.47. The van der Waals surface area contributed by atoms with E-state index in [0.29, 0.717) is 17.6 Å². The monoisotopic (exact) mass is 275 g/mol. The van der Waals surface area contributed by atoms with Crippen LogP contribution in [0.15, 0.2) is 18.2 Å². The van der Waals surface area contributed by atoms with Gasteiger partial charge in [0.25, 0.3) is 5.91 Å². The van der Waals surface area contributed by atoms with E-state index in [0.717, 1.165) is 37.2 Å². The SMILES string of the molecule is CCC1CN(c2cc(C)ccc2C(N)=O)C(CC)CN1. The molecule has 1 amide bonds. The number of carbonyl (C=O) groups excluding carboxylic acids is 1. The van der Waals surface area contributed by atoms with Crippen molar-refractivity contribution < 1.29 is 4.79 Å². The van der Waals surface area contributed by atoms with Crippen molar-refractivity contribution in [1.82, 2.24) is 5.32 Å². The molecule has 2 atom stereocenters. The van der Waals surface area contributed by atoms with Crippen molar-refractivity contribution >= 4 is 11.6 Å². The van der Waals surface area contributed by atoms with Gasteiger partial charge < -0.3 is 16.0 Å². The molecule has 4 nitrogen and oxygen atoms in total. The van der Waals surface area contributed by atoms with Crippen molar-refractivity contribution in [3.63, 3.8) is 0 Å². The zero-order chi connectivity index (χ0) is 14.7. The molecular formula is C16H25N3O. The Morgan fingerprint density at radius 3 is 2.75 bits per heavy atom. The Hall–Kier alpha value is -1.55. The first-order valence-corrected chi connectivity index (χ1v) is 7.47. The maximum atomic E-state index is 11.7. The summed E-state index contributed by atoms with van der Waals surface area (Å²) in [7, 11) is 0. The Bertz CT molecular complexity index is 487. The average molecular weight is 275 g/mol. The predicted octanol–water partition coefficient (Wildman–Crippen LogP) is 2.06. The van der Waals surface area contributed by atoms with Gasteiger partial charge in [0.2, 0.25) is 0 Å². The first-order chi connectivity index (χ1) is 9.56. The van der Waals surface area contributed by atoms with Crippen molar-refractivity contribution in [2.24, 2.45) is 5.73 Å².